The van der Waals surface area contributed by atoms with Crippen LogP contribution in [0.2, 0.25) is 0 Å². The first kappa shape index (κ1) is 21.4. The van der Waals surface area contributed by atoms with Gasteiger partial charge in [-0.15, -0.1) is 0 Å². The molecule has 3 aliphatic carbocycles. The van der Waals surface area contributed by atoms with Crippen molar-refractivity contribution in [2.45, 2.75) is 76.0 Å². The van der Waals surface area contributed by atoms with Gasteiger partial charge in [-0.2, -0.15) is 0 Å². The van der Waals surface area contributed by atoms with Crippen molar-refractivity contribution in [3.05, 3.63) is 24.4 Å². The first-order valence-electron chi connectivity index (χ1n) is 11.8. The van der Waals surface area contributed by atoms with E-state index in [2.05, 4.69) is 18.8 Å². The first-order chi connectivity index (χ1) is 14.8. The maximum Gasteiger partial charge on any atom is 0.257 e. The standard InChI is InChI=1S/C25H33FN2O2S/c1-24-12-11-17-15(7-10-20-25(17,2)14-19(26)22(29)28(20)3)16(24)8-9-18(24)23(30)31-21-6-4-5-13-27-21/h4-6,13,15-20H,7-12,14H2,1-3H3/t15?,16-,17?,18+,19+,20+,24-,25+/m0/s1. The molecule has 2 unspecified atom stereocenters. The number of rotatable bonds is 2. The van der Waals surface area contributed by atoms with E-state index in [4.69, 9.17) is 0 Å². The third kappa shape index (κ3) is 3.19. The molecule has 5 rings (SSSR count). The van der Waals surface area contributed by atoms with E-state index in [0.29, 0.717) is 24.2 Å². The largest absolute Gasteiger partial charge is 0.340 e. The van der Waals surface area contributed by atoms with Gasteiger partial charge in [0.1, 0.15) is 5.03 Å². The zero-order chi connectivity index (χ0) is 22.0. The van der Waals surface area contributed by atoms with E-state index in [1.54, 1.807) is 18.1 Å². The lowest BCUT2D eigenvalue weighted by atomic mass is 9.47. The van der Waals surface area contributed by atoms with Gasteiger partial charge in [0.05, 0.1) is 0 Å². The second-order valence-electron chi connectivity index (χ2n) is 10.9. The zero-order valence-electron chi connectivity index (χ0n) is 18.7. The van der Waals surface area contributed by atoms with Crippen molar-refractivity contribution in [3.8, 4) is 0 Å². The molecular weight excluding hydrogens is 411 g/mol. The number of carbonyl (C=O) groups is 2. The molecule has 3 saturated carbocycles. The predicted octanol–water partition coefficient (Wildman–Crippen LogP) is 5.13. The van der Waals surface area contributed by atoms with Crippen LogP contribution in [0.1, 0.15) is 58.8 Å². The number of pyridine rings is 1. The number of carbonyl (C=O) groups excluding carboxylic acids is 2. The average molecular weight is 445 g/mol. The Kier molecular flexibility index (Phi) is 5.23. The SMILES string of the molecule is CN1C(=O)[C@H](F)C[C@]2(C)C3CC[C@]4(C)[C@@H](C(=O)Sc5ccccn5)CC[C@H]4C3CC[C@@H]12. The number of nitrogens with zero attached hydrogens (tertiary/aromatic N) is 2. The lowest BCUT2D eigenvalue weighted by Crippen LogP contribution is -2.64. The normalized spacial score (nSPS) is 44.4. The number of fused-ring (bicyclic) bond motifs is 5. The molecule has 1 aliphatic heterocycles. The van der Waals surface area contributed by atoms with Crippen molar-refractivity contribution in [2.75, 3.05) is 7.05 Å². The molecule has 4 fully saturated rings. The summed E-state index contributed by atoms with van der Waals surface area (Å²) >= 11 is 1.30. The van der Waals surface area contributed by atoms with Gasteiger partial charge in [-0.3, -0.25) is 9.59 Å². The minimum absolute atomic E-state index is 0.0226. The first-order valence-corrected chi connectivity index (χ1v) is 12.6. The molecule has 0 radical (unpaired) electrons. The van der Waals surface area contributed by atoms with E-state index < -0.39 is 6.17 Å². The number of hydrogen-bond acceptors (Lipinski definition) is 4. The molecular formula is C25H33FN2O2S. The molecule has 0 N–H and O–H groups in total. The Morgan fingerprint density at radius 3 is 2.65 bits per heavy atom. The Morgan fingerprint density at radius 2 is 1.90 bits per heavy atom. The summed E-state index contributed by atoms with van der Waals surface area (Å²) in [5, 5.41) is 1.04. The van der Waals surface area contributed by atoms with E-state index in [-0.39, 0.29) is 33.8 Å². The molecule has 2 heterocycles. The van der Waals surface area contributed by atoms with Gasteiger partial charge in [-0.05, 0) is 97.4 Å². The smallest absolute Gasteiger partial charge is 0.257 e. The Labute approximate surface area is 188 Å². The summed E-state index contributed by atoms with van der Waals surface area (Å²) in [6, 6.07) is 5.86. The second-order valence-corrected chi connectivity index (χ2v) is 11.9. The number of halogens is 1. The van der Waals surface area contributed by atoms with Crippen LogP contribution in [-0.2, 0) is 9.59 Å². The highest BCUT2D eigenvalue weighted by molar-refractivity contribution is 8.13. The molecule has 0 spiro atoms. The van der Waals surface area contributed by atoms with Gasteiger partial charge in [0.15, 0.2) is 11.3 Å². The summed E-state index contributed by atoms with van der Waals surface area (Å²) < 4.78 is 14.7. The van der Waals surface area contributed by atoms with E-state index in [1.807, 2.05) is 18.2 Å². The minimum Gasteiger partial charge on any atom is -0.340 e. The molecule has 4 aliphatic rings. The summed E-state index contributed by atoms with van der Waals surface area (Å²) in [6.45, 7) is 4.58. The van der Waals surface area contributed by atoms with Crippen molar-refractivity contribution in [2.24, 2.45) is 34.5 Å². The van der Waals surface area contributed by atoms with Crippen molar-refractivity contribution in [1.29, 1.82) is 0 Å². The summed E-state index contributed by atoms with van der Waals surface area (Å²) in [7, 11) is 1.80. The summed E-state index contributed by atoms with van der Waals surface area (Å²) in [4.78, 5) is 31.6. The van der Waals surface area contributed by atoms with Crippen molar-refractivity contribution in [1.82, 2.24) is 9.88 Å². The molecule has 0 bridgehead atoms. The van der Waals surface area contributed by atoms with Crippen LogP contribution in [0, 0.1) is 34.5 Å². The molecule has 1 aromatic rings. The van der Waals surface area contributed by atoms with Gasteiger partial charge in [0.2, 0.25) is 0 Å². The van der Waals surface area contributed by atoms with Crippen LogP contribution >= 0.6 is 11.8 Å². The van der Waals surface area contributed by atoms with E-state index >= 15 is 0 Å². The maximum absolute atomic E-state index is 14.7. The number of aromatic nitrogens is 1. The third-order valence-electron chi connectivity index (χ3n) is 9.65. The Morgan fingerprint density at radius 1 is 1.13 bits per heavy atom. The molecule has 8 atom stereocenters. The van der Waals surface area contributed by atoms with Gasteiger partial charge >= 0.3 is 0 Å². The number of thioether (sulfide) groups is 1. The summed E-state index contributed by atoms with van der Waals surface area (Å²) in [5.41, 5.74) is -0.133. The van der Waals surface area contributed by atoms with Crippen LogP contribution in [-0.4, -0.2) is 40.2 Å². The number of alkyl halides is 1. The Hall–Kier alpha value is -1.43. The van der Waals surface area contributed by atoms with Crippen LogP contribution in [0.15, 0.2) is 29.4 Å². The van der Waals surface area contributed by atoms with Gasteiger partial charge in [-0.25, -0.2) is 9.37 Å². The lowest BCUT2D eigenvalue weighted by Gasteiger charge is -2.62. The van der Waals surface area contributed by atoms with Crippen LogP contribution in [0.5, 0.6) is 0 Å². The highest BCUT2D eigenvalue weighted by Crippen LogP contribution is 2.66. The Bertz CT molecular complexity index is 882. The van der Waals surface area contributed by atoms with Crippen LogP contribution in [0.25, 0.3) is 0 Å². The highest BCUT2D eigenvalue weighted by Gasteiger charge is 2.63. The minimum atomic E-state index is -1.37. The average Bonchev–Trinajstić information content (AvgIpc) is 3.10. The molecule has 0 aromatic carbocycles. The molecule has 31 heavy (non-hydrogen) atoms. The van der Waals surface area contributed by atoms with Crippen LogP contribution in [0.4, 0.5) is 4.39 Å². The predicted molar refractivity (Wildman–Crippen MR) is 119 cm³/mol. The monoisotopic (exact) mass is 444 g/mol. The summed E-state index contributed by atoms with van der Waals surface area (Å²) in [6.07, 6.45) is 6.89. The fourth-order valence-corrected chi connectivity index (χ4v) is 9.17. The fourth-order valence-electron chi connectivity index (χ4n) is 8.18. The number of amides is 1. The van der Waals surface area contributed by atoms with Gasteiger partial charge in [0.25, 0.3) is 5.91 Å². The molecule has 6 heteroatoms. The van der Waals surface area contributed by atoms with Crippen molar-refractivity contribution >= 4 is 22.8 Å². The zero-order valence-corrected chi connectivity index (χ0v) is 19.5. The molecule has 1 saturated heterocycles. The number of hydrogen-bond donors (Lipinski definition) is 0. The topological polar surface area (TPSA) is 50.3 Å². The summed E-state index contributed by atoms with van der Waals surface area (Å²) in [5.74, 6) is 1.23. The molecule has 168 valence electrons. The second kappa shape index (κ2) is 7.57. The van der Waals surface area contributed by atoms with Crippen molar-refractivity contribution in [3.63, 3.8) is 0 Å². The van der Waals surface area contributed by atoms with Gasteiger partial charge in [-0.1, -0.05) is 19.9 Å². The van der Waals surface area contributed by atoms with E-state index in [0.717, 1.165) is 43.6 Å². The fraction of sp³-hybridized carbons (Fsp3) is 0.720. The third-order valence-corrected chi connectivity index (χ3v) is 10.6. The molecule has 1 amide bonds. The number of likely N-dealkylation sites (tertiary alicyclic amines) is 1. The number of piperidine rings is 1. The van der Waals surface area contributed by atoms with Gasteiger partial charge < -0.3 is 4.90 Å². The molecule has 4 nitrogen and oxygen atoms in total. The van der Waals surface area contributed by atoms with Crippen LogP contribution < -0.4 is 0 Å². The van der Waals surface area contributed by atoms with Crippen LogP contribution in [0.3, 0.4) is 0 Å². The lowest BCUT2D eigenvalue weighted by molar-refractivity contribution is -0.168. The van der Waals surface area contributed by atoms with Crippen molar-refractivity contribution < 1.29 is 14.0 Å². The maximum atomic E-state index is 14.7. The van der Waals surface area contributed by atoms with E-state index in [1.165, 1.54) is 11.8 Å². The molecule has 1 aromatic heterocycles. The highest BCUT2D eigenvalue weighted by atomic mass is 32.2. The van der Waals surface area contributed by atoms with E-state index in [9.17, 15) is 14.0 Å². The van der Waals surface area contributed by atoms with Gasteiger partial charge in [0, 0.05) is 25.2 Å². The Balaban J connectivity index is 1.37. The quantitative estimate of drug-likeness (QED) is 0.594.